The number of benzene rings is 1. The standard InChI is InChI=1S/C14H16N4O4S/c1-18(2)23(21,22)11-7-5-10(6-8-11)13(19)16-17-14(20)12-4-3-9-15-12/h3-9,15H,1-2H3,(H,16,19)(H,17,20). The molecule has 9 heteroatoms. The second-order valence-electron chi connectivity index (χ2n) is 4.80. The molecule has 0 spiro atoms. The number of sulfonamides is 1. The first kappa shape index (κ1) is 16.7. The lowest BCUT2D eigenvalue weighted by Gasteiger charge is -2.11. The van der Waals surface area contributed by atoms with Gasteiger partial charge in [0.05, 0.1) is 4.90 Å². The van der Waals surface area contributed by atoms with Crippen LogP contribution in [0, 0.1) is 0 Å². The highest BCUT2D eigenvalue weighted by Crippen LogP contribution is 2.13. The van der Waals surface area contributed by atoms with Gasteiger partial charge in [-0.2, -0.15) is 0 Å². The average Bonchev–Trinajstić information content (AvgIpc) is 3.06. The molecule has 8 nitrogen and oxygen atoms in total. The predicted molar refractivity (Wildman–Crippen MR) is 83.0 cm³/mol. The number of H-pyrrole nitrogens is 1. The number of aromatic amines is 1. The minimum absolute atomic E-state index is 0.0782. The Bertz CT molecular complexity index is 796. The highest BCUT2D eigenvalue weighted by molar-refractivity contribution is 7.89. The molecular formula is C14H16N4O4S. The number of hydrazine groups is 1. The van der Waals surface area contributed by atoms with Crippen molar-refractivity contribution in [2.45, 2.75) is 4.90 Å². The molecule has 0 fully saturated rings. The van der Waals surface area contributed by atoms with Crippen LogP contribution in [0.4, 0.5) is 0 Å². The number of carbonyl (C=O) groups is 2. The molecule has 0 aliphatic carbocycles. The van der Waals surface area contributed by atoms with Gasteiger partial charge in [-0.15, -0.1) is 0 Å². The highest BCUT2D eigenvalue weighted by atomic mass is 32.2. The lowest BCUT2D eigenvalue weighted by atomic mass is 10.2. The third-order valence-electron chi connectivity index (χ3n) is 3.03. The number of hydrogen-bond donors (Lipinski definition) is 3. The molecule has 122 valence electrons. The summed E-state index contributed by atoms with van der Waals surface area (Å²) in [5.41, 5.74) is 5.02. The van der Waals surface area contributed by atoms with Crippen LogP contribution in [0.3, 0.4) is 0 Å². The summed E-state index contributed by atoms with van der Waals surface area (Å²) in [6.07, 6.45) is 1.58. The van der Waals surface area contributed by atoms with E-state index in [0.717, 1.165) is 4.31 Å². The zero-order valence-electron chi connectivity index (χ0n) is 12.5. The summed E-state index contributed by atoms with van der Waals surface area (Å²) in [5.74, 6) is -1.05. The van der Waals surface area contributed by atoms with Crippen molar-refractivity contribution in [3.63, 3.8) is 0 Å². The number of amides is 2. The van der Waals surface area contributed by atoms with E-state index in [9.17, 15) is 18.0 Å². The van der Waals surface area contributed by atoms with Gasteiger partial charge in [-0.05, 0) is 36.4 Å². The summed E-state index contributed by atoms with van der Waals surface area (Å²) in [4.78, 5) is 26.4. The molecule has 2 amide bonds. The fourth-order valence-corrected chi connectivity index (χ4v) is 2.62. The van der Waals surface area contributed by atoms with Crippen LogP contribution in [0.15, 0.2) is 47.5 Å². The van der Waals surface area contributed by atoms with Gasteiger partial charge in [0, 0.05) is 25.9 Å². The second-order valence-corrected chi connectivity index (χ2v) is 6.96. The van der Waals surface area contributed by atoms with Gasteiger partial charge < -0.3 is 4.98 Å². The van der Waals surface area contributed by atoms with Crippen LogP contribution in [0.2, 0.25) is 0 Å². The number of nitrogens with one attached hydrogen (secondary N) is 3. The molecule has 0 bridgehead atoms. The van der Waals surface area contributed by atoms with Gasteiger partial charge in [0.15, 0.2) is 0 Å². The molecule has 0 aliphatic rings. The average molecular weight is 336 g/mol. The highest BCUT2D eigenvalue weighted by Gasteiger charge is 2.17. The van der Waals surface area contributed by atoms with Crippen LogP contribution < -0.4 is 10.9 Å². The van der Waals surface area contributed by atoms with Crippen molar-refractivity contribution in [2.24, 2.45) is 0 Å². The monoisotopic (exact) mass is 336 g/mol. The summed E-state index contributed by atoms with van der Waals surface area (Å²) < 4.78 is 24.9. The van der Waals surface area contributed by atoms with Crippen molar-refractivity contribution < 1.29 is 18.0 Å². The van der Waals surface area contributed by atoms with Crippen molar-refractivity contribution in [3.05, 3.63) is 53.9 Å². The van der Waals surface area contributed by atoms with E-state index in [1.165, 1.54) is 38.4 Å². The Kier molecular flexibility index (Phi) is 4.82. The third kappa shape index (κ3) is 3.76. The number of carbonyl (C=O) groups excluding carboxylic acids is 2. The molecule has 1 aromatic carbocycles. The van der Waals surface area contributed by atoms with E-state index in [0.29, 0.717) is 5.69 Å². The lowest BCUT2D eigenvalue weighted by Crippen LogP contribution is -2.41. The van der Waals surface area contributed by atoms with Crippen molar-refractivity contribution in [3.8, 4) is 0 Å². The van der Waals surface area contributed by atoms with Crippen LogP contribution in [0.25, 0.3) is 0 Å². The Morgan fingerprint density at radius 1 is 1.00 bits per heavy atom. The van der Waals surface area contributed by atoms with E-state index in [1.807, 2.05) is 0 Å². The first-order valence-corrected chi connectivity index (χ1v) is 8.03. The minimum Gasteiger partial charge on any atom is -0.357 e. The maximum absolute atomic E-state index is 11.9. The van der Waals surface area contributed by atoms with Gasteiger partial charge in [0.25, 0.3) is 11.8 Å². The second kappa shape index (κ2) is 6.63. The molecule has 0 atom stereocenters. The molecule has 0 unspecified atom stereocenters. The lowest BCUT2D eigenvalue weighted by molar-refractivity contribution is 0.0844. The molecule has 3 N–H and O–H groups in total. The van der Waals surface area contributed by atoms with Crippen molar-refractivity contribution >= 4 is 21.8 Å². The van der Waals surface area contributed by atoms with Crippen LogP contribution in [0.1, 0.15) is 20.8 Å². The van der Waals surface area contributed by atoms with E-state index < -0.39 is 21.8 Å². The van der Waals surface area contributed by atoms with Crippen molar-refractivity contribution in [2.75, 3.05) is 14.1 Å². The zero-order valence-corrected chi connectivity index (χ0v) is 13.3. The van der Waals surface area contributed by atoms with E-state index in [2.05, 4.69) is 15.8 Å². The van der Waals surface area contributed by atoms with Crippen LogP contribution in [0.5, 0.6) is 0 Å². The fourth-order valence-electron chi connectivity index (χ4n) is 1.71. The maximum Gasteiger partial charge on any atom is 0.286 e. The van der Waals surface area contributed by atoms with Gasteiger partial charge in [0.1, 0.15) is 5.69 Å². The number of aromatic nitrogens is 1. The summed E-state index contributed by atoms with van der Waals surface area (Å²) in [5, 5.41) is 0. The van der Waals surface area contributed by atoms with Crippen molar-refractivity contribution in [1.82, 2.24) is 20.1 Å². The Balaban J connectivity index is 2.02. The third-order valence-corrected chi connectivity index (χ3v) is 4.86. The molecule has 2 rings (SSSR count). The first-order valence-electron chi connectivity index (χ1n) is 6.59. The SMILES string of the molecule is CN(C)S(=O)(=O)c1ccc(C(=O)NNC(=O)c2ccc[nH]2)cc1. The normalized spacial score (nSPS) is 11.3. The fraction of sp³-hybridized carbons (Fsp3) is 0.143. The number of nitrogens with zero attached hydrogens (tertiary/aromatic N) is 1. The van der Waals surface area contributed by atoms with Crippen LogP contribution in [-0.4, -0.2) is 43.6 Å². The van der Waals surface area contributed by atoms with E-state index in [-0.39, 0.29) is 10.5 Å². The van der Waals surface area contributed by atoms with Gasteiger partial charge in [-0.25, -0.2) is 12.7 Å². The molecule has 0 saturated carbocycles. The number of rotatable bonds is 4. The summed E-state index contributed by atoms with van der Waals surface area (Å²) >= 11 is 0. The molecule has 1 heterocycles. The summed E-state index contributed by atoms with van der Waals surface area (Å²) in [7, 11) is -0.702. The Labute approximate surface area is 133 Å². The molecule has 23 heavy (non-hydrogen) atoms. The van der Waals surface area contributed by atoms with Gasteiger partial charge in [0.2, 0.25) is 10.0 Å². The zero-order chi connectivity index (χ0) is 17.0. The van der Waals surface area contributed by atoms with E-state index >= 15 is 0 Å². The smallest absolute Gasteiger partial charge is 0.286 e. The Hall–Kier alpha value is -2.65. The van der Waals surface area contributed by atoms with Crippen LogP contribution >= 0.6 is 0 Å². The summed E-state index contributed by atoms with van der Waals surface area (Å²) in [6, 6.07) is 8.61. The van der Waals surface area contributed by atoms with E-state index in [4.69, 9.17) is 0 Å². The quantitative estimate of drug-likeness (QED) is 0.699. The summed E-state index contributed by atoms with van der Waals surface area (Å²) in [6.45, 7) is 0. The minimum atomic E-state index is -3.55. The molecule has 2 aromatic rings. The first-order chi connectivity index (χ1) is 10.8. The molecule has 0 aliphatic heterocycles. The number of hydrogen-bond acceptors (Lipinski definition) is 4. The molecule has 0 saturated heterocycles. The maximum atomic E-state index is 11.9. The Morgan fingerprint density at radius 3 is 2.13 bits per heavy atom. The topological polar surface area (TPSA) is 111 Å². The predicted octanol–water partition coefficient (Wildman–Crippen LogP) is 0.340. The Morgan fingerprint density at radius 2 is 1.61 bits per heavy atom. The molecular weight excluding hydrogens is 320 g/mol. The van der Waals surface area contributed by atoms with Gasteiger partial charge >= 0.3 is 0 Å². The van der Waals surface area contributed by atoms with Gasteiger partial charge in [-0.1, -0.05) is 0 Å². The largest absolute Gasteiger partial charge is 0.357 e. The molecule has 0 radical (unpaired) electrons. The molecule has 1 aromatic heterocycles. The van der Waals surface area contributed by atoms with Crippen LogP contribution in [-0.2, 0) is 10.0 Å². The van der Waals surface area contributed by atoms with Crippen molar-refractivity contribution in [1.29, 1.82) is 0 Å². The van der Waals surface area contributed by atoms with Gasteiger partial charge in [-0.3, -0.25) is 20.4 Å². The van der Waals surface area contributed by atoms with E-state index in [1.54, 1.807) is 18.3 Å².